The summed E-state index contributed by atoms with van der Waals surface area (Å²) in [6.45, 7) is 0.194. The normalized spacial score (nSPS) is 10.7. The van der Waals surface area contributed by atoms with Crippen LogP contribution in [0.15, 0.2) is 53.3 Å². The minimum atomic E-state index is -0.419. The Kier molecular flexibility index (Phi) is 5.35. The number of para-hydroxylation sites is 2. The summed E-state index contributed by atoms with van der Waals surface area (Å²) in [5.74, 6) is -1.21. The van der Waals surface area contributed by atoms with Gasteiger partial charge >= 0.3 is 5.69 Å². The van der Waals surface area contributed by atoms with E-state index in [1.165, 1.54) is 33.4 Å². The number of nitrogens with zero attached hydrogens (tertiary/aromatic N) is 2. The number of nitrogens with one attached hydrogen (secondary N) is 2. The number of aryl methyl sites for hydroxylation is 2. The van der Waals surface area contributed by atoms with Gasteiger partial charge in [-0.1, -0.05) is 24.3 Å². The molecule has 0 radical (unpaired) electrons. The number of imidazole rings is 1. The number of carbonyl (C=O) groups is 2. The summed E-state index contributed by atoms with van der Waals surface area (Å²) in [7, 11) is 1.68. The van der Waals surface area contributed by atoms with Crippen molar-refractivity contribution in [1.29, 1.82) is 0 Å². The van der Waals surface area contributed by atoms with Gasteiger partial charge in [0.25, 0.3) is 0 Å². The highest BCUT2D eigenvalue weighted by molar-refractivity contribution is 5.83. The van der Waals surface area contributed by atoms with Crippen LogP contribution in [0.2, 0.25) is 0 Å². The molecular weight excluding hydrogens is 351 g/mol. The summed E-state index contributed by atoms with van der Waals surface area (Å²) in [6.07, 6.45) is 0.0497. The van der Waals surface area contributed by atoms with Gasteiger partial charge in [-0.3, -0.25) is 29.6 Å². The molecule has 0 unspecified atom stereocenters. The number of hydrogen-bond donors (Lipinski definition) is 2. The molecule has 2 N–H and O–H groups in total. The molecule has 140 valence electrons. The van der Waals surface area contributed by atoms with Crippen LogP contribution >= 0.6 is 0 Å². The third-order valence-electron chi connectivity index (χ3n) is 4.23. The molecule has 0 aliphatic heterocycles. The zero-order valence-corrected chi connectivity index (χ0v) is 14.7. The van der Waals surface area contributed by atoms with Crippen LogP contribution in [0.25, 0.3) is 11.0 Å². The van der Waals surface area contributed by atoms with Gasteiger partial charge in [-0.2, -0.15) is 0 Å². The lowest BCUT2D eigenvalue weighted by Gasteiger charge is -2.08. The molecule has 0 spiro atoms. The van der Waals surface area contributed by atoms with Crippen LogP contribution < -0.4 is 16.5 Å². The zero-order valence-electron chi connectivity index (χ0n) is 14.7. The van der Waals surface area contributed by atoms with Crippen molar-refractivity contribution >= 4 is 22.8 Å². The lowest BCUT2D eigenvalue weighted by Crippen LogP contribution is -2.42. The zero-order chi connectivity index (χ0) is 19.4. The summed E-state index contributed by atoms with van der Waals surface area (Å²) >= 11 is 0. The van der Waals surface area contributed by atoms with Crippen LogP contribution in [0.5, 0.6) is 0 Å². The van der Waals surface area contributed by atoms with E-state index in [0.29, 0.717) is 5.56 Å². The number of hydrazine groups is 1. The number of aromatic nitrogens is 2. The van der Waals surface area contributed by atoms with E-state index in [0.717, 1.165) is 11.0 Å². The molecule has 2 amide bonds. The first-order chi connectivity index (χ1) is 13.0. The number of carbonyl (C=O) groups excluding carboxylic acids is 2. The van der Waals surface area contributed by atoms with Crippen LogP contribution in [-0.4, -0.2) is 20.9 Å². The van der Waals surface area contributed by atoms with Crippen LogP contribution in [0.1, 0.15) is 12.0 Å². The van der Waals surface area contributed by atoms with Crippen LogP contribution in [0.3, 0.4) is 0 Å². The van der Waals surface area contributed by atoms with Crippen molar-refractivity contribution in [2.24, 2.45) is 7.05 Å². The van der Waals surface area contributed by atoms with Crippen molar-refractivity contribution in [2.45, 2.75) is 19.4 Å². The average Bonchev–Trinajstić information content (AvgIpc) is 2.91. The van der Waals surface area contributed by atoms with E-state index in [-0.39, 0.29) is 30.9 Å². The fourth-order valence-electron chi connectivity index (χ4n) is 2.83. The fourth-order valence-corrected chi connectivity index (χ4v) is 2.83. The average molecular weight is 370 g/mol. The number of rotatable bonds is 5. The number of fused-ring (bicyclic) bond motifs is 1. The van der Waals surface area contributed by atoms with E-state index < -0.39 is 11.8 Å². The predicted octanol–water partition coefficient (Wildman–Crippen LogP) is 1.26. The Morgan fingerprint density at radius 1 is 0.963 bits per heavy atom. The number of amides is 2. The molecule has 0 saturated heterocycles. The predicted molar refractivity (Wildman–Crippen MR) is 98.2 cm³/mol. The standard InChI is InChI=1S/C19H19FN4O3/c1-23-15-4-2-3-5-16(15)24(19(23)27)11-10-17(25)21-22-18(26)12-13-6-8-14(20)9-7-13/h2-9H,10-12H2,1H3,(H,21,25)(H,22,26). The van der Waals surface area contributed by atoms with E-state index in [1.807, 2.05) is 24.3 Å². The summed E-state index contributed by atoms with van der Waals surface area (Å²) in [5, 5.41) is 0. The van der Waals surface area contributed by atoms with Gasteiger partial charge in [0.15, 0.2) is 0 Å². The van der Waals surface area contributed by atoms with Gasteiger partial charge in [-0.25, -0.2) is 9.18 Å². The summed E-state index contributed by atoms with van der Waals surface area (Å²) in [4.78, 5) is 36.1. The van der Waals surface area contributed by atoms with Gasteiger partial charge in [0, 0.05) is 20.0 Å². The lowest BCUT2D eigenvalue weighted by molar-refractivity contribution is -0.128. The quantitative estimate of drug-likeness (QED) is 0.663. The smallest absolute Gasteiger partial charge is 0.295 e. The molecule has 0 fully saturated rings. The molecule has 8 heteroatoms. The minimum Gasteiger partial charge on any atom is -0.295 e. The van der Waals surface area contributed by atoms with Gasteiger partial charge < -0.3 is 0 Å². The SMILES string of the molecule is Cn1c(=O)n(CCC(=O)NNC(=O)Cc2ccc(F)cc2)c2ccccc21. The first-order valence-electron chi connectivity index (χ1n) is 8.42. The number of hydrogen-bond acceptors (Lipinski definition) is 3. The van der Waals surface area contributed by atoms with Crippen LogP contribution in [0.4, 0.5) is 4.39 Å². The Hall–Kier alpha value is -3.42. The highest BCUT2D eigenvalue weighted by atomic mass is 19.1. The Balaban J connectivity index is 1.53. The summed E-state index contributed by atoms with van der Waals surface area (Å²) < 4.78 is 15.9. The van der Waals surface area contributed by atoms with E-state index in [2.05, 4.69) is 10.9 Å². The van der Waals surface area contributed by atoms with Crippen molar-refractivity contribution in [3.8, 4) is 0 Å². The van der Waals surface area contributed by atoms with Crippen molar-refractivity contribution in [3.63, 3.8) is 0 Å². The molecule has 7 nitrogen and oxygen atoms in total. The van der Waals surface area contributed by atoms with Gasteiger partial charge in [0.1, 0.15) is 5.82 Å². The van der Waals surface area contributed by atoms with E-state index in [9.17, 15) is 18.8 Å². The molecule has 0 saturated carbocycles. The topological polar surface area (TPSA) is 85.1 Å². The largest absolute Gasteiger partial charge is 0.328 e. The molecule has 1 aromatic heterocycles. The Morgan fingerprint density at radius 3 is 2.30 bits per heavy atom. The van der Waals surface area contributed by atoms with Gasteiger partial charge in [0.2, 0.25) is 11.8 Å². The molecule has 1 heterocycles. The van der Waals surface area contributed by atoms with Crippen LogP contribution in [-0.2, 0) is 29.6 Å². The van der Waals surface area contributed by atoms with Gasteiger partial charge in [0.05, 0.1) is 17.5 Å². The second-order valence-electron chi connectivity index (χ2n) is 6.13. The van der Waals surface area contributed by atoms with E-state index in [1.54, 1.807) is 7.05 Å². The van der Waals surface area contributed by atoms with Gasteiger partial charge in [-0.15, -0.1) is 0 Å². The molecule has 3 aromatic rings. The second kappa shape index (κ2) is 7.86. The maximum atomic E-state index is 12.8. The number of halogens is 1. The molecule has 0 atom stereocenters. The van der Waals surface area contributed by atoms with Crippen molar-refractivity contribution in [3.05, 3.63) is 70.4 Å². The summed E-state index contributed by atoms with van der Waals surface area (Å²) in [6, 6.07) is 12.9. The molecule has 0 aliphatic rings. The number of benzene rings is 2. The molecule has 27 heavy (non-hydrogen) atoms. The van der Waals surface area contributed by atoms with Crippen molar-refractivity contribution < 1.29 is 14.0 Å². The molecule has 0 bridgehead atoms. The maximum Gasteiger partial charge on any atom is 0.328 e. The minimum absolute atomic E-state index is 0.0172. The van der Waals surface area contributed by atoms with Gasteiger partial charge in [-0.05, 0) is 29.8 Å². The Labute approximate surface area is 154 Å². The van der Waals surface area contributed by atoms with E-state index in [4.69, 9.17) is 0 Å². The first-order valence-corrected chi connectivity index (χ1v) is 8.42. The lowest BCUT2D eigenvalue weighted by atomic mass is 10.1. The Bertz CT molecular complexity index is 1040. The maximum absolute atomic E-state index is 12.8. The Morgan fingerprint density at radius 2 is 1.59 bits per heavy atom. The van der Waals surface area contributed by atoms with Crippen LogP contribution in [0, 0.1) is 5.82 Å². The third kappa shape index (κ3) is 4.22. The van der Waals surface area contributed by atoms with Crippen molar-refractivity contribution in [1.82, 2.24) is 20.0 Å². The highest BCUT2D eigenvalue weighted by Gasteiger charge is 2.12. The summed E-state index contributed by atoms with van der Waals surface area (Å²) in [5.41, 5.74) is 6.60. The second-order valence-corrected chi connectivity index (χ2v) is 6.13. The monoisotopic (exact) mass is 370 g/mol. The highest BCUT2D eigenvalue weighted by Crippen LogP contribution is 2.11. The molecule has 3 rings (SSSR count). The molecular formula is C19H19FN4O3. The fraction of sp³-hybridized carbons (Fsp3) is 0.211. The molecule has 0 aliphatic carbocycles. The first kappa shape index (κ1) is 18.4. The third-order valence-corrected chi connectivity index (χ3v) is 4.23. The van der Waals surface area contributed by atoms with E-state index >= 15 is 0 Å². The van der Waals surface area contributed by atoms with Crippen molar-refractivity contribution in [2.75, 3.05) is 0 Å². The molecule has 2 aromatic carbocycles.